The molecular weight excluding hydrogens is 287 g/mol. The molecule has 1 aromatic carbocycles. The number of nitriles is 1. The van der Waals surface area contributed by atoms with Gasteiger partial charge in [-0.15, -0.1) is 11.3 Å². The van der Waals surface area contributed by atoms with Gasteiger partial charge in [-0.1, -0.05) is 6.07 Å². The van der Waals surface area contributed by atoms with Crippen molar-refractivity contribution in [2.45, 2.75) is 0 Å². The lowest BCUT2D eigenvalue weighted by molar-refractivity contribution is 0.104. The summed E-state index contributed by atoms with van der Waals surface area (Å²) in [7, 11) is 0. The highest BCUT2D eigenvalue weighted by atomic mass is 32.1. The SMILES string of the molecule is N#CC(=Cc1cccs1)C(=O)c1c[nH]c2cc(F)ccc12. The van der Waals surface area contributed by atoms with Crippen LogP contribution in [-0.2, 0) is 0 Å². The number of ketones is 1. The van der Waals surface area contributed by atoms with E-state index in [1.54, 1.807) is 6.08 Å². The van der Waals surface area contributed by atoms with E-state index in [0.29, 0.717) is 16.5 Å². The lowest BCUT2D eigenvalue weighted by Crippen LogP contribution is -2.00. The van der Waals surface area contributed by atoms with Crippen LogP contribution in [0.15, 0.2) is 47.5 Å². The molecule has 1 N–H and O–H groups in total. The number of fused-ring (bicyclic) bond motifs is 1. The summed E-state index contributed by atoms with van der Waals surface area (Å²) in [6.45, 7) is 0. The van der Waals surface area contributed by atoms with Crippen molar-refractivity contribution in [3.05, 3.63) is 63.7 Å². The fraction of sp³-hybridized carbons (Fsp3) is 0. The number of benzene rings is 1. The maximum atomic E-state index is 13.2. The summed E-state index contributed by atoms with van der Waals surface area (Å²) in [5.74, 6) is -0.748. The Morgan fingerprint density at radius 3 is 2.95 bits per heavy atom. The van der Waals surface area contributed by atoms with E-state index >= 15 is 0 Å². The molecule has 0 atom stereocenters. The van der Waals surface area contributed by atoms with Gasteiger partial charge in [0, 0.05) is 27.5 Å². The number of allylic oxidation sites excluding steroid dienone is 1. The first-order valence-electron chi connectivity index (χ1n) is 6.15. The first kappa shape index (κ1) is 13.3. The summed E-state index contributed by atoms with van der Waals surface area (Å²) in [4.78, 5) is 16.2. The molecule has 0 spiro atoms. The van der Waals surface area contributed by atoms with Crippen molar-refractivity contribution < 1.29 is 9.18 Å². The third-order valence-corrected chi connectivity index (χ3v) is 3.90. The minimum Gasteiger partial charge on any atom is -0.360 e. The summed E-state index contributed by atoms with van der Waals surface area (Å²) in [5.41, 5.74) is 0.962. The van der Waals surface area contributed by atoms with Crippen LogP contribution >= 0.6 is 11.3 Å². The van der Waals surface area contributed by atoms with Crippen molar-refractivity contribution in [1.82, 2.24) is 4.98 Å². The molecule has 0 aliphatic heterocycles. The number of carbonyl (C=O) groups excluding carboxylic acids is 1. The number of H-pyrrole nitrogens is 1. The third-order valence-electron chi connectivity index (χ3n) is 3.08. The monoisotopic (exact) mass is 296 g/mol. The molecule has 0 amide bonds. The van der Waals surface area contributed by atoms with E-state index in [2.05, 4.69) is 4.98 Å². The van der Waals surface area contributed by atoms with E-state index in [4.69, 9.17) is 0 Å². The topological polar surface area (TPSA) is 56.6 Å². The van der Waals surface area contributed by atoms with E-state index in [-0.39, 0.29) is 17.2 Å². The maximum absolute atomic E-state index is 13.2. The minimum atomic E-state index is -0.377. The fourth-order valence-corrected chi connectivity index (χ4v) is 2.75. The van der Waals surface area contributed by atoms with Crippen LogP contribution in [0.4, 0.5) is 4.39 Å². The van der Waals surface area contributed by atoms with E-state index in [0.717, 1.165) is 4.88 Å². The molecule has 3 rings (SSSR count). The van der Waals surface area contributed by atoms with Crippen LogP contribution in [-0.4, -0.2) is 10.8 Å². The smallest absolute Gasteiger partial charge is 0.205 e. The molecule has 21 heavy (non-hydrogen) atoms. The van der Waals surface area contributed by atoms with Gasteiger partial charge in [-0.25, -0.2) is 4.39 Å². The second kappa shape index (κ2) is 5.35. The molecule has 0 aliphatic carbocycles. The number of halogens is 1. The Bertz CT molecular complexity index is 885. The molecule has 2 aromatic heterocycles. The highest BCUT2D eigenvalue weighted by Crippen LogP contribution is 2.23. The Balaban J connectivity index is 2.06. The van der Waals surface area contributed by atoms with Crippen LogP contribution < -0.4 is 0 Å². The van der Waals surface area contributed by atoms with Crippen LogP contribution in [0.1, 0.15) is 15.2 Å². The van der Waals surface area contributed by atoms with Crippen molar-refractivity contribution in [3.63, 3.8) is 0 Å². The van der Waals surface area contributed by atoms with Gasteiger partial charge in [0.2, 0.25) is 5.78 Å². The number of aromatic amines is 1. The van der Waals surface area contributed by atoms with E-state index in [1.165, 1.54) is 35.7 Å². The average Bonchev–Trinajstić information content (AvgIpc) is 3.12. The van der Waals surface area contributed by atoms with Crippen LogP contribution in [0.25, 0.3) is 17.0 Å². The molecule has 5 heteroatoms. The highest BCUT2D eigenvalue weighted by molar-refractivity contribution is 7.10. The summed E-state index contributed by atoms with van der Waals surface area (Å²) in [5, 5.41) is 11.7. The molecule has 102 valence electrons. The molecule has 0 saturated heterocycles. The number of Topliss-reactive ketones (excluding diaryl/α,β-unsaturated/α-hetero) is 1. The second-order valence-electron chi connectivity index (χ2n) is 4.41. The molecule has 0 bridgehead atoms. The van der Waals surface area contributed by atoms with Gasteiger partial charge in [-0.3, -0.25) is 4.79 Å². The Labute approximate surface area is 124 Å². The first-order valence-corrected chi connectivity index (χ1v) is 7.03. The standard InChI is InChI=1S/C16H9FN2OS/c17-11-3-4-13-14(9-19-15(13)7-11)16(20)10(8-18)6-12-2-1-5-21-12/h1-7,9,19H. The number of hydrogen-bond donors (Lipinski definition) is 1. The van der Waals surface area contributed by atoms with Crippen molar-refractivity contribution in [2.75, 3.05) is 0 Å². The number of hydrogen-bond acceptors (Lipinski definition) is 3. The van der Waals surface area contributed by atoms with Crippen molar-refractivity contribution in [2.24, 2.45) is 0 Å². The van der Waals surface area contributed by atoms with Crippen LogP contribution in [0.3, 0.4) is 0 Å². The summed E-state index contributed by atoms with van der Waals surface area (Å²) < 4.78 is 13.2. The van der Waals surface area contributed by atoms with Gasteiger partial charge in [0.25, 0.3) is 0 Å². The van der Waals surface area contributed by atoms with E-state index in [1.807, 2.05) is 23.6 Å². The predicted octanol–water partition coefficient (Wildman–Crippen LogP) is 4.16. The molecule has 0 radical (unpaired) electrons. The molecule has 0 unspecified atom stereocenters. The maximum Gasteiger partial charge on any atom is 0.205 e. The molecular formula is C16H9FN2OS. The Kier molecular flexibility index (Phi) is 3.38. The summed E-state index contributed by atoms with van der Waals surface area (Å²) in [6, 6.07) is 9.77. The molecule has 0 saturated carbocycles. The molecule has 2 heterocycles. The molecule has 0 aliphatic rings. The first-order chi connectivity index (χ1) is 10.2. The normalized spacial score (nSPS) is 11.5. The zero-order valence-electron chi connectivity index (χ0n) is 10.8. The number of aromatic nitrogens is 1. The number of nitrogens with zero attached hydrogens (tertiary/aromatic N) is 1. The zero-order chi connectivity index (χ0) is 14.8. The largest absolute Gasteiger partial charge is 0.360 e. The number of thiophene rings is 1. The molecule has 0 fully saturated rings. The second-order valence-corrected chi connectivity index (χ2v) is 5.39. The summed E-state index contributed by atoms with van der Waals surface area (Å²) >= 11 is 1.45. The van der Waals surface area contributed by atoms with Crippen molar-refractivity contribution >= 4 is 34.1 Å². The van der Waals surface area contributed by atoms with Gasteiger partial charge < -0.3 is 4.98 Å². The lowest BCUT2D eigenvalue weighted by Gasteiger charge is -1.97. The van der Waals surface area contributed by atoms with Crippen molar-refractivity contribution in [1.29, 1.82) is 5.26 Å². The van der Waals surface area contributed by atoms with Gasteiger partial charge in [-0.05, 0) is 35.7 Å². The van der Waals surface area contributed by atoms with Gasteiger partial charge in [0.15, 0.2) is 0 Å². The highest BCUT2D eigenvalue weighted by Gasteiger charge is 2.17. The third kappa shape index (κ3) is 2.49. The fourth-order valence-electron chi connectivity index (χ4n) is 2.10. The van der Waals surface area contributed by atoms with Gasteiger partial charge >= 0.3 is 0 Å². The Hall–Kier alpha value is -2.71. The molecule has 3 aromatic rings. The summed E-state index contributed by atoms with van der Waals surface area (Å²) in [6.07, 6.45) is 3.07. The predicted molar refractivity (Wildman–Crippen MR) is 80.5 cm³/mol. The molecule has 3 nitrogen and oxygen atoms in total. The quantitative estimate of drug-likeness (QED) is 0.448. The van der Waals surface area contributed by atoms with Crippen molar-refractivity contribution in [3.8, 4) is 6.07 Å². The van der Waals surface area contributed by atoms with E-state index in [9.17, 15) is 14.4 Å². The lowest BCUT2D eigenvalue weighted by atomic mass is 10.0. The van der Waals surface area contributed by atoms with Gasteiger partial charge in [0.1, 0.15) is 17.5 Å². The minimum absolute atomic E-state index is 0.0580. The zero-order valence-corrected chi connectivity index (χ0v) is 11.6. The van der Waals surface area contributed by atoms with Crippen LogP contribution in [0.2, 0.25) is 0 Å². The average molecular weight is 296 g/mol. The van der Waals surface area contributed by atoms with Gasteiger partial charge in [-0.2, -0.15) is 5.26 Å². The van der Waals surface area contributed by atoms with Gasteiger partial charge in [0.05, 0.1) is 0 Å². The Morgan fingerprint density at radius 2 is 2.24 bits per heavy atom. The van der Waals surface area contributed by atoms with E-state index < -0.39 is 0 Å². The Morgan fingerprint density at radius 1 is 1.38 bits per heavy atom. The number of carbonyl (C=O) groups is 1. The number of nitrogens with one attached hydrogen (secondary N) is 1. The number of rotatable bonds is 3. The van der Waals surface area contributed by atoms with Crippen LogP contribution in [0.5, 0.6) is 0 Å². The van der Waals surface area contributed by atoms with Crippen LogP contribution in [0, 0.1) is 17.1 Å².